The smallest absolute Gasteiger partial charge is 0.169 e. The summed E-state index contributed by atoms with van der Waals surface area (Å²) in [6.45, 7) is 5.55. The highest BCUT2D eigenvalue weighted by molar-refractivity contribution is 4.53. The highest BCUT2D eigenvalue weighted by Crippen LogP contribution is 2.02. The molecule has 1 fully saturated rings. The molecule has 0 unspecified atom stereocenters. The molecule has 0 atom stereocenters. The predicted octanol–water partition coefficient (Wildman–Crippen LogP) is 0.359. The average molecular weight is 145 g/mol. The quantitative estimate of drug-likeness (QED) is 0.622. The van der Waals surface area contributed by atoms with Crippen molar-refractivity contribution in [3.63, 3.8) is 0 Å². The molecule has 0 aromatic heterocycles. The summed E-state index contributed by atoms with van der Waals surface area (Å²) >= 11 is 0. The van der Waals surface area contributed by atoms with Crippen molar-refractivity contribution in [2.75, 3.05) is 26.3 Å². The van der Waals surface area contributed by atoms with E-state index in [0.717, 1.165) is 32.7 Å². The van der Waals surface area contributed by atoms with E-state index < -0.39 is 0 Å². The maximum atomic E-state index is 5.30. The van der Waals surface area contributed by atoms with Crippen molar-refractivity contribution in [3.05, 3.63) is 0 Å². The molecule has 1 rings (SSSR count). The van der Waals surface area contributed by atoms with Crippen LogP contribution in [0, 0.1) is 0 Å². The normalized spacial score (nSPS) is 21.3. The van der Waals surface area contributed by atoms with E-state index in [-0.39, 0.29) is 6.29 Å². The summed E-state index contributed by atoms with van der Waals surface area (Å²) in [5, 5.41) is 3.17. The van der Waals surface area contributed by atoms with Crippen LogP contribution < -0.4 is 5.32 Å². The molecule has 0 spiro atoms. The lowest BCUT2D eigenvalue weighted by Gasteiger charge is -2.22. The Bertz CT molecular complexity index is 81.7. The summed E-state index contributed by atoms with van der Waals surface area (Å²) < 4.78 is 10.6. The van der Waals surface area contributed by atoms with Crippen molar-refractivity contribution < 1.29 is 9.47 Å². The second-order valence-corrected chi connectivity index (χ2v) is 2.33. The Labute approximate surface area is 61.7 Å². The van der Waals surface area contributed by atoms with Crippen LogP contribution in [-0.2, 0) is 9.47 Å². The largest absolute Gasteiger partial charge is 0.351 e. The Kier molecular flexibility index (Phi) is 3.72. The first-order valence-corrected chi connectivity index (χ1v) is 3.87. The maximum absolute atomic E-state index is 5.30. The third kappa shape index (κ3) is 2.64. The van der Waals surface area contributed by atoms with Crippen molar-refractivity contribution in [1.29, 1.82) is 0 Å². The number of likely N-dealkylation sites (N-methyl/N-ethyl adjacent to an activating group) is 1. The van der Waals surface area contributed by atoms with Gasteiger partial charge in [0.25, 0.3) is 0 Å². The van der Waals surface area contributed by atoms with Crippen LogP contribution in [0.1, 0.15) is 13.3 Å². The molecule has 0 radical (unpaired) electrons. The Morgan fingerprint density at radius 3 is 2.70 bits per heavy atom. The lowest BCUT2D eigenvalue weighted by atomic mass is 10.4. The minimum absolute atomic E-state index is 0.00583. The van der Waals surface area contributed by atoms with Crippen molar-refractivity contribution in [1.82, 2.24) is 5.32 Å². The monoisotopic (exact) mass is 145 g/mol. The molecule has 0 bridgehead atoms. The van der Waals surface area contributed by atoms with Gasteiger partial charge in [0.1, 0.15) is 0 Å². The topological polar surface area (TPSA) is 30.5 Å². The third-order valence-electron chi connectivity index (χ3n) is 1.46. The number of hydrogen-bond acceptors (Lipinski definition) is 3. The molecule has 1 aliphatic rings. The fourth-order valence-electron chi connectivity index (χ4n) is 0.917. The SMILES string of the molecule is CCNCC1OCCCO1. The zero-order valence-electron chi connectivity index (χ0n) is 6.43. The van der Waals surface area contributed by atoms with Crippen LogP contribution in [0.15, 0.2) is 0 Å². The molecule has 1 aliphatic heterocycles. The summed E-state index contributed by atoms with van der Waals surface area (Å²) in [5.74, 6) is 0. The Morgan fingerprint density at radius 1 is 1.40 bits per heavy atom. The molecule has 0 aliphatic carbocycles. The molecule has 1 heterocycles. The van der Waals surface area contributed by atoms with Crippen LogP contribution in [-0.4, -0.2) is 32.6 Å². The third-order valence-corrected chi connectivity index (χ3v) is 1.46. The van der Waals surface area contributed by atoms with Crippen LogP contribution in [0.2, 0.25) is 0 Å². The number of rotatable bonds is 3. The molecule has 60 valence electrons. The van der Waals surface area contributed by atoms with Gasteiger partial charge in [-0.15, -0.1) is 0 Å². The Balaban J connectivity index is 2.02. The van der Waals surface area contributed by atoms with Crippen LogP contribution in [0.25, 0.3) is 0 Å². The molecule has 1 saturated heterocycles. The second kappa shape index (κ2) is 4.66. The van der Waals surface area contributed by atoms with Crippen LogP contribution in [0.5, 0.6) is 0 Å². The summed E-state index contributed by atoms with van der Waals surface area (Å²) in [6, 6.07) is 0. The van der Waals surface area contributed by atoms with E-state index in [1.54, 1.807) is 0 Å². The Morgan fingerprint density at radius 2 is 2.10 bits per heavy atom. The summed E-state index contributed by atoms with van der Waals surface area (Å²) in [5.41, 5.74) is 0. The lowest BCUT2D eigenvalue weighted by Crippen LogP contribution is -2.34. The second-order valence-electron chi connectivity index (χ2n) is 2.33. The van der Waals surface area contributed by atoms with E-state index in [1.165, 1.54) is 0 Å². The van der Waals surface area contributed by atoms with E-state index >= 15 is 0 Å². The van der Waals surface area contributed by atoms with Gasteiger partial charge in [0.2, 0.25) is 0 Å². The van der Waals surface area contributed by atoms with Gasteiger partial charge in [0, 0.05) is 6.54 Å². The fraction of sp³-hybridized carbons (Fsp3) is 1.00. The van der Waals surface area contributed by atoms with E-state index in [9.17, 15) is 0 Å². The van der Waals surface area contributed by atoms with Crippen molar-refractivity contribution in [3.8, 4) is 0 Å². The number of hydrogen-bond donors (Lipinski definition) is 1. The molecule has 3 heteroatoms. The molecular weight excluding hydrogens is 130 g/mol. The highest BCUT2D eigenvalue weighted by Gasteiger charge is 2.12. The first-order valence-electron chi connectivity index (χ1n) is 3.87. The minimum atomic E-state index is -0.00583. The molecule has 1 N–H and O–H groups in total. The van der Waals surface area contributed by atoms with Crippen LogP contribution in [0.4, 0.5) is 0 Å². The zero-order chi connectivity index (χ0) is 7.23. The molecule has 10 heavy (non-hydrogen) atoms. The van der Waals surface area contributed by atoms with Gasteiger partial charge < -0.3 is 14.8 Å². The molecule has 0 aromatic carbocycles. The van der Waals surface area contributed by atoms with Gasteiger partial charge in [-0.05, 0) is 13.0 Å². The minimum Gasteiger partial charge on any atom is -0.351 e. The molecule has 0 amide bonds. The van der Waals surface area contributed by atoms with E-state index in [0.29, 0.717) is 0 Å². The molecule has 0 saturated carbocycles. The van der Waals surface area contributed by atoms with Crippen LogP contribution in [0.3, 0.4) is 0 Å². The molecule has 3 nitrogen and oxygen atoms in total. The summed E-state index contributed by atoms with van der Waals surface area (Å²) in [4.78, 5) is 0. The van der Waals surface area contributed by atoms with Crippen molar-refractivity contribution >= 4 is 0 Å². The fourth-order valence-corrected chi connectivity index (χ4v) is 0.917. The number of ether oxygens (including phenoxy) is 2. The maximum Gasteiger partial charge on any atom is 0.169 e. The number of nitrogens with one attached hydrogen (secondary N) is 1. The van der Waals surface area contributed by atoms with Gasteiger partial charge >= 0.3 is 0 Å². The first kappa shape index (κ1) is 7.98. The average Bonchev–Trinajstić information content (AvgIpc) is 2.03. The standard InChI is InChI=1S/C7H15NO2/c1-2-8-6-7-9-4-3-5-10-7/h7-8H,2-6H2,1H3. The van der Waals surface area contributed by atoms with Crippen molar-refractivity contribution in [2.24, 2.45) is 0 Å². The molecule has 0 aromatic rings. The first-order chi connectivity index (χ1) is 4.93. The predicted molar refractivity (Wildman–Crippen MR) is 38.9 cm³/mol. The zero-order valence-corrected chi connectivity index (χ0v) is 6.43. The van der Waals surface area contributed by atoms with E-state index in [4.69, 9.17) is 9.47 Å². The van der Waals surface area contributed by atoms with Gasteiger partial charge in [-0.1, -0.05) is 6.92 Å². The van der Waals surface area contributed by atoms with E-state index in [2.05, 4.69) is 12.2 Å². The van der Waals surface area contributed by atoms with E-state index in [1.807, 2.05) is 0 Å². The molecular formula is C7H15NO2. The Hall–Kier alpha value is -0.120. The van der Waals surface area contributed by atoms with Crippen LogP contribution >= 0.6 is 0 Å². The van der Waals surface area contributed by atoms with Crippen molar-refractivity contribution in [2.45, 2.75) is 19.6 Å². The van der Waals surface area contributed by atoms with Gasteiger partial charge in [-0.25, -0.2) is 0 Å². The lowest BCUT2D eigenvalue weighted by molar-refractivity contribution is -0.174. The summed E-state index contributed by atoms with van der Waals surface area (Å²) in [6.07, 6.45) is 1.02. The van der Waals surface area contributed by atoms with Gasteiger partial charge in [0.15, 0.2) is 6.29 Å². The summed E-state index contributed by atoms with van der Waals surface area (Å²) in [7, 11) is 0. The highest BCUT2D eigenvalue weighted by atomic mass is 16.7. The van der Waals surface area contributed by atoms with Gasteiger partial charge in [0.05, 0.1) is 13.2 Å². The van der Waals surface area contributed by atoms with Gasteiger partial charge in [-0.3, -0.25) is 0 Å². The van der Waals surface area contributed by atoms with Gasteiger partial charge in [-0.2, -0.15) is 0 Å².